The van der Waals surface area contributed by atoms with E-state index in [0.29, 0.717) is 11.3 Å². The normalized spacial score (nSPS) is 27.9. The largest absolute Gasteiger partial charge is 0.392 e. The lowest BCUT2D eigenvalue weighted by Gasteiger charge is -2.18. The summed E-state index contributed by atoms with van der Waals surface area (Å²) >= 11 is 0. The number of sulfone groups is 1. The van der Waals surface area contributed by atoms with E-state index in [9.17, 15) is 18.6 Å². The number of hydrogen-bond acceptors (Lipinski definition) is 4. The highest BCUT2D eigenvalue weighted by molar-refractivity contribution is 7.91. The smallest absolute Gasteiger partial charge is 0.182 e. The Balaban J connectivity index is 1.58. The van der Waals surface area contributed by atoms with E-state index in [0.717, 1.165) is 31.3 Å². The third kappa shape index (κ3) is 5.59. The van der Waals surface area contributed by atoms with Crippen molar-refractivity contribution >= 4 is 9.84 Å². The van der Waals surface area contributed by atoms with Crippen LogP contribution in [0.1, 0.15) is 51.9 Å². The molecular weight excluding hydrogens is 384 g/mol. The summed E-state index contributed by atoms with van der Waals surface area (Å²) in [6.07, 6.45) is 11.6. The van der Waals surface area contributed by atoms with Crippen molar-refractivity contribution in [3.8, 4) is 0 Å². The van der Waals surface area contributed by atoms with Gasteiger partial charge in [0.25, 0.3) is 0 Å². The molecule has 0 radical (unpaired) electrons. The Morgan fingerprint density at radius 3 is 2.66 bits per heavy atom. The van der Waals surface area contributed by atoms with Gasteiger partial charge in [0.1, 0.15) is 0 Å². The van der Waals surface area contributed by atoms with Gasteiger partial charge in [-0.1, -0.05) is 74.6 Å². The first-order chi connectivity index (χ1) is 13.9. The predicted molar refractivity (Wildman–Crippen MR) is 116 cm³/mol. The molecule has 0 saturated heterocycles. The lowest BCUT2D eigenvalue weighted by Crippen LogP contribution is -2.18. The molecule has 0 amide bonds. The van der Waals surface area contributed by atoms with Crippen LogP contribution in [0.3, 0.4) is 0 Å². The van der Waals surface area contributed by atoms with E-state index in [1.807, 2.05) is 18.2 Å². The SMILES string of the molecule is CCCCCC[C@H](O)/C=C/[C@H]1[C@H]2CC=C(CS(=O)(=O)c3ccccc3)[C@H]2C[C@H]1O. The molecule has 1 aromatic carbocycles. The molecule has 2 aliphatic rings. The summed E-state index contributed by atoms with van der Waals surface area (Å²) in [6.45, 7) is 2.17. The van der Waals surface area contributed by atoms with Crippen LogP contribution in [-0.2, 0) is 9.84 Å². The lowest BCUT2D eigenvalue weighted by atomic mass is 9.88. The molecule has 160 valence electrons. The fourth-order valence-corrected chi connectivity index (χ4v) is 6.34. The minimum atomic E-state index is -3.37. The highest BCUT2D eigenvalue weighted by atomic mass is 32.2. The molecule has 29 heavy (non-hydrogen) atoms. The van der Waals surface area contributed by atoms with Crippen LogP contribution in [0.5, 0.6) is 0 Å². The second-order valence-electron chi connectivity index (χ2n) is 8.54. The number of rotatable bonds is 10. The number of allylic oxidation sites excluding steroid dienone is 1. The summed E-state index contributed by atoms with van der Waals surface area (Å²) < 4.78 is 25.5. The zero-order valence-corrected chi connectivity index (χ0v) is 18.1. The zero-order chi connectivity index (χ0) is 20.9. The van der Waals surface area contributed by atoms with Crippen LogP contribution in [0.2, 0.25) is 0 Å². The Bertz CT molecular complexity index is 813. The molecule has 0 spiro atoms. The van der Waals surface area contributed by atoms with Gasteiger partial charge in [-0.05, 0) is 43.2 Å². The van der Waals surface area contributed by atoms with Gasteiger partial charge in [0.15, 0.2) is 9.84 Å². The summed E-state index contributed by atoms with van der Waals surface area (Å²) in [5.41, 5.74) is 0.939. The van der Waals surface area contributed by atoms with Crippen molar-refractivity contribution in [3.05, 3.63) is 54.1 Å². The van der Waals surface area contributed by atoms with Crippen molar-refractivity contribution in [1.29, 1.82) is 0 Å². The summed E-state index contributed by atoms with van der Waals surface area (Å²) in [5, 5.41) is 20.8. The highest BCUT2D eigenvalue weighted by Crippen LogP contribution is 2.49. The van der Waals surface area contributed by atoms with Crippen molar-refractivity contribution in [2.75, 3.05) is 5.75 Å². The molecule has 5 atom stereocenters. The molecule has 2 aliphatic carbocycles. The van der Waals surface area contributed by atoms with E-state index in [4.69, 9.17) is 0 Å². The molecule has 0 aromatic heterocycles. The van der Waals surface area contributed by atoms with Crippen molar-refractivity contribution in [2.24, 2.45) is 17.8 Å². The van der Waals surface area contributed by atoms with Gasteiger partial charge in [-0.3, -0.25) is 0 Å². The third-order valence-electron chi connectivity index (χ3n) is 6.45. The first kappa shape index (κ1) is 22.3. The van der Waals surface area contributed by atoms with Gasteiger partial charge < -0.3 is 10.2 Å². The van der Waals surface area contributed by atoms with Crippen LogP contribution < -0.4 is 0 Å². The van der Waals surface area contributed by atoms with Crippen molar-refractivity contribution in [3.63, 3.8) is 0 Å². The molecular formula is C24H34O4S. The minimum Gasteiger partial charge on any atom is -0.392 e. The van der Waals surface area contributed by atoms with Crippen LogP contribution in [0, 0.1) is 17.8 Å². The molecule has 5 heteroatoms. The molecule has 2 N–H and O–H groups in total. The van der Waals surface area contributed by atoms with Gasteiger partial charge in [0.05, 0.1) is 22.9 Å². The summed E-state index contributed by atoms with van der Waals surface area (Å²) in [4.78, 5) is 0.352. The molecule has 0 bridgehead atoms. The first-order valence-electron chi connectivity index (χ1n) is 10.9. The Labute approximate surface area is 175 Å². The monoisotopic (exact) mass is 418 g/mol. The molecule has 1 aromatic rings. The number of fused-ring (bicyclic) bond motifs is 1. The van der Waals surface area contributed by atoms with E-state index in [1.54, 1.807) is 24.3 Å². The molecule has 4 nitrogen and oxygen atoms in total. The van der Waals surface area contributed by atoms with Crippen LogP contribution in [0.25, 0.3) is 0 Å². The number of benzene rings is 1. The fraction of sp³-hybridized carbons (Fsp3) is 0.583. The quantitative estimate of drug-likeness (QED) is 0.439. The Kier molecular flexibility index (Phi) is 7.72. The van der Waals surface area contributed by atoms with Crippen LogP contribution in [0.15, 0.2) is 59.0 Å². The Morgan fingerprint density at radius 1 is 1.17 bits per heavy atom. The predicted octanol–water partition coefficient (Wildman–Crippen LogP) is 4.29. The topological polar surface area (TPSA) is 74.6 Å². The van der Waals surface area contributed by atoms with Crippen molar-refractivity contribution < 1.29 is 18.6 Å². The third-order valence-corrected chi connectivity index (χ3v) is 8.15. The Morgan fingerprint density at radius 2 is 1.93 bits per heavy atom. The van der Waals surface area contributed by atoms with Crippen molar-refractivity contribution in [1.82, 2.24) is 0 Å². The number of unbranched alkanes of at least 4 members (excludes halogenated alkanes) is 3. The maximum absolute atomic E-state index is 12.8. The Hall–Kier alpha value is -1.43. The van der Waals surface area contributed by atoms with E-state index < -0.39 is 22.0 Å². The van der Waals surface area contributed by atoms with E-state index in [1.165, 1.54) is 12.8 Å². The minimum absolute atomic E-state index is 0.0153. The average molecular weight is 419 g/mol. The van der Waals surface area contributed by atoms with E-state index >= 15 is 0 Å². The number of aliphatic hydroxyl groups is 2. The van der Waals surface area contributed by atoms with E-state index in [-0.39, 0.29) is 23.5 Å². The standard InChI is InChI=1S/C24H34O4S/c1-2-3-4-6-9-19(25)13-15-22-21-14-12-18(23(21)16-24(22)26)17-29(27,28)20-10-7-5-8-11-20/h5,7-8,10-13,15,19,21-26H,2-4,6,9,14,16-17H2,1H3/b15-13+/t19-,21+,22-,23+,24+/m0/s1. The molecule has 0 heterocycles. The van der Waals surface area contributed by atoms with Crippen LogP contribution in [0.4, 0.5) is 0 Å². The lowest BCUT2D eigenvalue weighted by molar-refractivity contribution is 0.140. The number of hydrogen-bond donors (Lipinski definition) is 2. The second kappa shape index (κ2) is 10.1. The van der Waals surface area contributed by atoms with Gasteiger partial charge in [-0.15, -0.1) is 0 Å². The van der Waals surface area contributed by atoms with Crippen LogP contribution in [-0.4, -0.2) is 36.6 Å². The number of aliphatic hydroxyl groups excluding tert-OH is 2. The summed E-state index contributed by atoms with van der Waals surface area (Å²) in [5.74, 6) is 0.356. The maximum atomic E-state index is 12.8. The molecule has 1 fully saturated rings. The first-order valence-corrected chi connectivity index (χ1v) is 12.6. The molecule has 3 rings (SSSR count). The van der Waals surface area contributed by atoms with Gasteiger partial charge in [-0.2, -0.15) is 0 Å². The second-order valence-corrected chi connectivity index (χ2v) is 10.5. The van der Waals surface area contributed by atoms with Gasteiger partial charge >= 0.3 is 0 Å². The zero-order valence-electron chi connectivity index (χ0n) is 17.3. The van der Waals surface area contributed by atoms with E-state index in [2.05, 4.69) is 13.0 Å². The maximum Gasteiger partial charge on any atom is 0.182 e. The van der Waals surface area contributed by atoms with Gasteiger partial charge in [0.2, 0.25) is 0 Å². The highest BCUT2D eigenvalue weighted by Gasteiger charge is 2.45. The van der Waals surface area contributed by atoms with Gasteiger partial charge in [0, 0.05) is 5.92 Å². The summed E-state index contributed by atoms with van der Waals surface area (Å²) in [7, 11) is -3.37. The average Bonchev–Trinajstić information content (AvgIpc) is 3.22. The molecule has 1 saturated carbocycles. The fourth-order valence-electron chi connectivity index (χ4n) is 4.83. The summed E-state index contributed by atoms with van der Waals surface area (Å²) in [6, 6.07) is 8.57. The van der Waals surface area contributed by atoms with Crippen LogP contribution >= 0.6 is 0 Å². The van der Waals surface area contributed by atoms with Crippen molar-refractivity contribution in [2.45, 2.75) is 69.0 Å². The molecule has 0 aliphatic heterocycles. The van der Waals surface area contributed by atoms with Gasteiger partial charge in [-0.25, -0.2) is 8.42 Å². The molecule has 0 unspecified atom stereocenters.